The van der Waals surface area contributed by atoms with E-state index in [2.05, 4.69) is 14.2 Å². The Bertz CT molecular complexity index is 388. The van der Waals surface area contributed by atoms with Gasteiger partial charge in [0, 0.05) is 0 Å². The lowest BCUT2D eigenvalue weighted by atomic mass is 9.82. The van der Waals surface area contributed by atoms with Gasteiger partial charge in [0.2, 0.25) is 0 Å². The summed E-state index contributed by atoms with van der Waals surface area (Å²) in [6.07, 6.45) is -0.907. The van der Waals surface area contributed by atoms with Crippen LogP contribution in [0.5, 0.6) is 0 Å². The third kappa shape index (κ3) is 3.75. The third-order valence-electron chi connectivity index (χ3n) is 2.50. The highest BCUT2D eigenvalue weighted by Crippen LogP contribution is 2.26. The molecule has 8 heteroatoms. The second-order valence-electron chi connectivity index (χ2n) is 3.74. The van der Waals surface area contributed by atoms with Gasteiger partial charge in [-0.15, -0.1) is 0 Å². The molecule has 0 aliphatic rings. The summed E-state index contributed by atoms with van der Waals surface area (Å²) in [5, 5.41) is 10.2. The van der Waals surface area contributed by atoms with Crippen molar-refractivity contribution in [1.29, 1.82) is 0 Å². The van der Waals surface area contributed by atoms with E-state index in [1.807, 2.05) is 0 Å². The molecule has 0 amide bonds. The second-order valence-corrected chi connectivity index (χ2v) is 3.74. The average Bonchev–Trinajstić information content (AvgIpc) is 2.36. The molecule has 2 unspecified atom stereocenters. The zero-order chi connectivity index (χ0) is 15.2. The number of carbonyl (C=O) groups is 4. The van der Waals surface area contributed by atoms with Crippen molar-refractivity contribution >= 4 is 23.7 Å². The van der Waals surface area contributed by atoms with Crippen LogP contribution in [0.2, 0.25) is 0 Å². The third-order valence-corrected chi connectivity index (χ3v) is 2.50. The van der Waals surface area contributed by atoms with Crippen molar-refractivity contribution in [2.45, 2.75) is 18.9 Å². The molecule has 0 radical (unpaired) electrons. The van der Waals surface area contributed by atoms with Crippen LogP contribution in [0.4, 0.5) is 0 Å². The van der Waals surface area contributed by atoms with Crippen molar-refractivity contribution in [2.24, 2.45) is 5.92 Å². The standard InChI is InChI=1S/C11H16O8/c1-6(12)8(9(14)18-3)11(16,10(15)19-4)5-7(13)17-2/h8,16H,5H2,1-4H3. The van der Waals surface area contributed by atoms with Crippen molar-refractivity contribution in [3.05, 3.63) is 0 Å². The number of Topliss-reactive ketones (excluding diaryl/α,β-unsaturated/α-hetero) is 1. The lowest BCUT2D eigenvalue weighted by Gasteiger charge is -2.29. The van der Waals surface area contributed by atoms with E-state index < -0.39 is 41.6 Å². The van der Waals surface area contributed by atoms with Gasteiger partial charge in [-0.25, -0.2) is 4.79 Å². The predicted octanol–water partition coefficient (Wildman–Crippen LogP) is -1.17. The van der Waals surface area contributed by atoms with Crippen LogP contribution in [-0.2, 0) is 33.4 Å². The SMILES string of the molecule is COC(=O)CC(O)(C(=O)OC)C(C(C)=O)C(=O)OC. The topological polar surface area (TPSA) is 116 Å². The molecule has 0 spiro atoms. The summed E-state index contributed by atoms with van der Waals surface area (Å²) >= 11 is 0. The monoisotopic (exact) mass is 276 g/mol. The zero-order valence-electron chi connectivity index (χ0n) is 11.1. The molecule has 0 aromatic rings. The zero-order valence-corrected chi connectivity index (χ0v) is 11.1. The van der Waals surface area contributed by atoms with Crippen molar-refractivity contribution in [1.82, 2.24) is 0 Å². The molecule has 0 rings (SSSR count). The van der Waals surface area contributed by atoms with Gasteiger partial charge in [0.1, 0.15) is 5.78 Å². The average molecular weight is 276 g/mol. The summed E-state index contributed by atoms with van der Waals surface area (Å²) < 4.78 is 13.0. The molecule has 19 heavy (non-hydrogen) atoms. The maximum atomic E-state index is 11.6. The highest BCUT2D eigenvalue weighted by molar-refractivity contribution is 6.05. The molecule has 2 atom stereocenters. The molecule has 0 saturated heterocycles. The Morgan fingerprint density at radius 3 is 1.89 bits per heavy atom. The van der Waals surface area contributed by atoms with E-state index in [1.165, 1.54) is 0 Å². The molecular weight excluding hydrogens is 260 g/mol. The minimum Gasteiger partial charge on any atom is -0.469 e. The molecule has 0 heterocycles. The summed E-state index contributed by atoms with van der Waals surface area (Å²) in [5.41, 5.74) is -2.67. The maximum Gasteiger partial charge on any atom is 0.339 e. The van der Waals surface area contributed by atoms with Gasteiger partial charge in [-0.05, 0) is 6.92 Å². The molecule has 108 valence electrons. The first-order valence-electron chi connectivity index (χ1n) is 5.20. The number of rotatable bonds is 6. The van der Waals surface area contributed by atoms with E-state index in [4.69, 9.17) is 0 Å². The van der Waals surface area contributed by atoms with E-state index in [-0.39, 0.29) is 0 Å². The normalized spacial score (nSPS) is 14.8. The van der Waals surface area contributed by atoms with Crippen molar-refractivity contribution < 1.29 is 38.5 Å². The fraction of sp³-hybridized carbons (Fsp3) is 0.636. The maximum absolute atomic E-state index is 11.6. The van der Waals surface area contributed by atoms with Crippen LogP contribution in [0.3, 0.4) is 0 Å². The predicted molar refractivity (Wildman–Crippen MR) is 59.8 cm³/mol. The van der Waals surface area contributed by atoms with E-state index in [1.54, 1.807) is 0 Å². The molecule has 0 aliphatic heterocycles. The van der Waals surface area contributed by atoms with Gasteiger partial charge >= 0.3 is 17.9 Å². The van der Waals surface area contributed by atoms with Crippen LogP contribution in [0.15, 0.2) is 0 Å². The van der Waals surface area contributed by atoms with Crippen molar-refractivity contribution in [3.63, 3.8) is 0 Å². The molecule has 0 aromatic heterocycles. The molecule has 0 fully saturated rings. The number of aliphatic hydroxyl groups is 1. The first kappa shape index (κ1) is 17.0. The van der Waals surface area contributed by atoms with Crippen LogP contribution >= 0.6 is 0 Å². The number of methoxy groups -OCH3 is 3. The lowest BCUT2D eigenvalue weighted by molar-refractivity contribution is -0.184. The molecule has 0 aromatic carbocycles. The lowest BCUT2D eigenvalue weighted by Crippen LogP contribution is -2.54. The summed E-state index contributed by atoms with van der Waals surface area (Å²) in [6.45, 7) is 0.979. The van der Waals surface area contributed by atoms with Gasteiger partial charge < -0.3 is 19.3 Å². The van der Waals surface area contributed by atoms with Crippen molar-refractivity contribution in [2.75, 3.05) is 21.3 Å². The van der Waals surface area contributed by atoms with E-state index in [0.717, 1.165) is 28.3 Å². The molecule has 1 N–H and O–H groups in total. The smallest absolute Gasteiger partial charge is 0.339 e. The fourth-order valence-corrected chi connectivity index (χ4v) is 1.58. The van der Waals surface area contributed by atoms with Crippen molar-refractivity contribution in [3.8, 4) is 0 Å². The second kappa shape index (κ2) is 6.83. The number of ether oxygens (including phenoxy) is 3. The summed E-state index contributed by atoms with van der Waals surface area (Å²) in [6, 6.07) is 0. The Balaban J connectivity index is 5.65. The van der Waals surface area contributed by atoms with Gasteiger partial charge in [0.25, 0.3) is 0 Å². The number of hydrogen-bond acceptors (Lipinski definition) is 8. The molecule has 8 nitrogen and oxygen atoms in total. The largest absolute Gasteiger partial charge is 0.469 e. The first-order chi connectivity index (χ1) is 8.74. The fourth-order valence-electron chi connectivity index (χ4n) is 1.58. The summed E-state index contributed by atoms with van der Waals surface area (Å²) in [4.78, 5) is 45.8. The summed E-state index contributed by atoms with van der Waals surface area (Å²) in [7, 11) is 2.95. The van der Waals surface area contributed by atoms with E-state index >= 15 is 0 Å². The van der Waals surface area contributed by atoms with Gasteiger partial charge in [-0.1, -0.05) is 0 Å². The number of esters is 3. The number of carbonyl (C=O) groups excluding carboxylic acids is 4. The van der Waals surface area contributed by atoms with Gasteiger partial charge in [-0.2, -0.15) is 0 Å². The van der Waals surface area contributed by atoms with Crippen LogP contribution < -0.4 is 0 Å². The highest BCUT2D eigenvalue weighted by Gasteiger charge is 2.53. The number of hydrogen-bond donors (Lipinski definition) is 1. The van der Waals surface area contributed by atoms with E-state index in [0.29, 0.717) is 0 Å². The van der Waals surface area contributed by atoms with E-state index in [9.17, 15) is 24.3 Å². The summed E-state index contributed by atoms with van der Waals surface area (Å²) in [5.74, 6) is -6.15. The molecule has 0 bridgehead atoms. The highest BCUT2D eigenvalue weighted by atomic mass is 16.6. The van der Waals surface area contributed by atoms with Gasteiger partial charge in [-0.3, -0.25) is 14.4 Å². The minimum atomic E-state index is -2.67. The van der Waals surface area contributed by atoms with Crippen LogP contribution in [0.25, 0.3) is 0 Å². The first-order valence-corrected chi connectivity index (χ1v) is 5.20. The quantitative estimate of drug-likeness (QED) is 0.366. The Labute approximate surface area is 109 Å². The van der Waals surface area contributed by atoms with Gasteiger partial charge in [0.05, 0.1) is 27.8 Å². The Kier molecular flexibility index (Phi) is 6.13. The minimum absolute atomic E-state index is 0.844. The van der Waals surface area contributed by atoms with Gasteiger partial charge in [0.15, 0.2) is 11.5 Å². The Morgan fingerprint density at radius 1 is 1.05 bits per heavy atom. The van der Waals surface area contributed by atoms with Crippen LogP contribution in [-0.4, -0.2) is 55.7 Å². The van der Waals surface area contributed by atoms with Crippen LogP contribution in [0, 0.1) is 5.92 Å². The Morgan fingerprint density at radius 2 is 1.58 bits per heavy atom. The number of ketones is 1. The van der Waals surface area contributed by atoms with Crippen LogP contribution in [0.1, 0.15) is 13.3 Å². The molecule has 0 aliphatic carbocycles. The Hall–Kier alpha value is -1.96. The molecule has 0 saturated carbocycles. The molecular formula is C11H16O8.